The van der Waals surface area contributed by atoms with Gasteiger partial charge < -0.3 is 58.7 Å². The summed E-state index contributed by atoms with van der Waals surface area (Å²) in [6.45, 7) is 16.2. The second-order valence-corrected chi connectivity index (χ2v) is 20.6. The number of benzene rings is 1. The number of cyclic esters (lactones) is 1. The van der Waals surface area contributed by atoms with Crippen LogP contribution < -0.4 is 0 Å². The molecule has 3 aliphatic heterocycles. The van der Waals surface area contributed by atoms with E-state index in [-0.39, 0.29) is 36.4 Å². The Kier molecular flexibility index (Phi) is 19.6. The normalized spacial score (nSPS) is 37.9. The Hall–Kier alpha value is -4.03. The van der Waals surface area contributed by atoms with Gasteiger partial charge in [-0.05, 0) is 93.4 Å². The molecule has 4 heterocycles. The molecule has 0 aliphatic carbocycles. The van der Waals surface area contributed by atoms with Gasteiger partial charge in [0.25, 0.3) is 12.0 Å². The number of aromatic nitrogens is 3. The molecule has 0 spiro atoms. The first-order valence-corrected chi connectivity index (χ1v) is 24.6. The van der Waals surface area contributed by atoms with E-state index in [0.29, 0.717) is 38.8 Å². The van der Waals surface area contributed by atoms with Gasteiger partial charge in [0.15, 0.2) is 12.1 Å². The number of aliphatic hydroxyl groups excluding tert-OH is 3. The number of ether oxygens (including phenoxy) is 5. The van der Waals surface area contributed by atoms with Gasteiger partial charge in [-0.15, -0.1) is 5.10 Å². The van der Waals surface area contributed by atoms with E-state index in [1.54, 1.807) is 44.5 Å². The van der Waals surface area contributed by atoms with Crippen molar-refractivity contribution in [1.29, 1.82) is 0 Å². The number of aliphatic hydroxyl groups is 4. The maximum atomic E-state index is 14.5. The number of methoxy groups -OCH3 is 1. The molecule has 1 aromatic heterocycles. The number of oxime groups is 1. The molecule has 3 fully saturated rings. The smallest absolute Gasteiger partial charge is 0.316 e. The zero-order valence-corrected chi connectivity index (χ0v) is 43.2. The van der Waals surface area contributed by atoms with E-state index in [1.165, 1.54) is 33.1 Å². The lowest BCUT2D eigenvalue weighted by Crippen LogP contribution is -2.60. The topological polar surface area (TPSA) is 263 Å². The summed E-state index contributed by atoms with van der Waals surface area (Å²) in [7, 11) is 7.07. The standard InChI is InChI=1S/C49H79N7O14/c1-14-38-49(9,62)43(60)30(5)39(51-70-47-41(58)36(53(10)11)23-28(3)67-47)27(2)25-48(8,65-13)44(31(6)40(57)32(7)45(61)68-38)69-46-42(59)37(24-29(4)66-46)54(12)21-20-34-26-55(52-50-34)22-19-33-15-17-35(18-16-33)56(63)64/h15-18,26-32,36-38,41-44,46-47,58-60,62H,14,19-25H2,1-13H3/b51-39+/t27-,28-,29-,30+,31+,32-,36+,37+,38-,41-,42-,43-,44-,46+,47-,48-,49-/m1/s1. The van der Waals surface area contributed by atoms with Crippen LogP contribution in [-0.4, -0.2) is 181 Å². The van der Waals surface area contributed by atoms with Gasteiger partial charge in [0, 0.05) is 74.8 Å². The molecule has 394 valence electrons. The predicted molar refractivity (Wildman–Crippen MR) is 256 cm³/mol. The number of hydrogen-bond acceptors (Lipinski definition) is 19. The predicted octanol–water partition coefficient (Wildman–Crippen LogP) is 3.31. The molecule has 70 heavy (non-hydrogen) atoms. The fourth-order valence-corrected chi connectivity index (χ4v) is 10.3. The van der Waals surface area contributed by atoms with Crippen LogP contribution in [0.2, 0.25) is 0 Å². The van der Waals surface area contributed by atoms with Gasteiger partial charge in [-0.1, -0.05) is 50.2 Å². The number of esters is 1. The van der Waals surface area contributed by atoms with Gasteiger partial charge in [-0.2, -0.15) is 0 Å². The molecular formula is C49H79N7O14. The van der Waals surface area contributed by atoms with Crippen LogP contribution in [0.5, 0.6) is 0 Å². The minimum absolute atomic E-state index is 0.0307. The number of nitro benzene ring substituents is 1. The van der Waals surface area contributed by atoms with Crippen molar-refractivity contribution >= 4 is 23.2 Å². The Balaban J connectivity index is 1.41. The summed E-state index contributed by atoms with van der Waals surface area (Å²) in [5, 5.41) is 71.6. The van der Waals surface area contributed by atoms with Crippen LogP contribution in [0.3, 0.4) is 0 Å². The lowest BCUT2D eigenvalue weighted by molar-refractivity contribution is -0.384. The number of nitrogens with zero attached hydrogens (tertiary/aromatic N) is 7. The molecule has 21 nitrogen and oxygen atoms in total. The number of nitro groups is 1. The molecular weight excluding hydrogens is 911 g/mol. The first-order valence-electron chi connectivity index (χ1n) is 24.6. The Morgan fingerprint density at radius 3 is 2.14 bits per heavy atom. The number of non-ortho nitro benzene ring substituents is 1. The summed E-state index contributed by atoms with van der Waals surface area (Å²) < 4.78 is 33.1. The number of ketones is 1. The zero-order chi connectivity index (χ0) is 52.0. The van der Waals surface area contributed by atoms with E-state index in [1.807, 2.05) is 57.9 Å². The number of carbonyl (C=O) groups excluding carboxylic acids is 2. The van der Waals surface area contributed by atoms with Crippen molar-refractivity contribution in [2.75, 3.05) is 34.8 Å². The van der Waals surface area contributed by atoms with Crippen molar-refractivity contribution in [3.05, 3.63) is 51.8 Å². The van der Waals surface area contributed by atoms with Crippen molar-refractivity contribution < 1.29 is 63.5 Å². The number of aryl methyl sites for hydroxylation is 2. The average Bonchev–Trinajstić information content (AvgIpc) is 3.78. The van der Waals surface area contributed by atoms with E-state index in [0.717, 1.165) is 11.3 Å². The monoisotopic (exact) mass is 990 g/mol. The molecule has 2 aromatic rings. The van der Waals surface area contributed by atoms with Gasteiger partial charge in [-0.25, -0.2) is 0 Å². The molecule has 0 bridgehead atoms. The largest absolute Gasteiger partial charge is 0.459 e. The highest BCUT2D eigenvalue weighted by atomic mass is 16.8. The maximum Gasteiger partial charge on any atom is 0.316 e. The third kappa shape index (κ3) is 13.3. The minimum Gasteiger partial charge on any atom is -0.459 e. The zero-order valence-electron chi connectivity index (χ0n) is 43.2. The number of hydrogen-bond donors (Lipinski definition) is 4. The molecule has 0 saturated carbocycles. The number of Topliss-reactive ketones (excluding diaryl/α,β-unsaturated/α-hetero) is 1. The Labute approximate surface area is 411 Å². The molecule has 4 N–H and O–H groups in total. The highest BCUT2D eigenvalue weighted by molar-refractivity contribution is 6.00. The van der Waals surface area contributed by atoms with Crippen molar-refractivity contribution in [3.8, 4) is 0 Å². The average molecular weight is 990 g/mol. The Morgan fingerprint density at radius 2 is 1.54 bits per heavy atom. The minimum atomic E-state index is -2.02. The van der Waals surface area contributed by atoms with Gasteiger partial charge in [0.1, 0.15) is 29.8 Å². The van der Waals surface area contributed by atoms with E-state index in [4.69, 9.17) is 28.5 Å². The van der Waals surface area contributed by atoms with Crippen LogP contribution >= 0.6 is 0 Å². The van der Waals surface area contributed by atoms with Gasteiger partial charge in [0.05, 0.1) is 46.3 Å². The Morgan fingerprint density at radius 1 is 0.929 bits per heavy atom. The second kappa shape index (κ2) is 24.1. The fourth-order valence-electron chi connectivity index (χ4n) is 10.3. The van der Waals surface area contributed by atoms with Crippen LogP contribution in [-0.2, 0) is 57.5 Å². The molecule has 5 rings (SSSR count). The molecule has 17 atom stereocenters. The van der Waals surface area contributed by atoms with E-state index in [2.05, 4.69) is 15.5 Å². The summed E-state index contributed by atoms with van der Waals surface area (Å²) >= 11 is 0. The van der Waals surface area contributed by atoms with Gasteiger partial charge in [0.2, 0.25) is 0 Å². The number of likely N-dealkylation sites (N-methyl/N-ethyl adjacent to an activating group) is 2. The van der Waals surface area contributed by atoms with Crippen molar-refractivity contribution in [1.82, 2.24) is 24.8 Å². The summed E-state index contributed by atoms with van der Waals surface area (Å²) in [5.74, 6) is -5.37. The summed E-state index contributed by atoms with van der Waals surface area (Å²) in [6.07, 6.45) is -5.17. The third-order valence-electron chi connectivity index (χ3n) is 14.9. The van der Waals surface area contributed by atoms with E-state index >= 15 is 0 Å². The highest BCUT2D eigenvalue weighted by Gasteiger charge is 2.52. The molecule has 0 unspecified atom stereocenters. The van der Waals surface area contributed by atoms with Gasteiger partial charge in [-0.3, -0.25) is 24.4 Å². The quantitative estimate of drug-likeness (QED) is 0.0863. The van der Waals surface area contributed by atoms with Crippen LogP contribution in [0.1, 0.15) is 99.3 Å². The van der Waals surface area contributed by atoms with E-state index in [9.17, 15) is 40.1 Å². The Bertz CT molecular complexity index is 2070. The lowest BCUT2D eigenvalue weighted by Gasteiger charge is -2.47. The first kappa shape index (κ1) is 56.9. The van der Waals surface area contributed by atoms with E-state index < -0.39 is 107 Å². The molecule has 3 saturated heterocycles. The van der Waals surface area contributed by atoms with Gasteiger partial charge >= 0.3 is 5.97 Å². The summed E-state index contributed by atoms with van der Waals surface area (Å²) in [5.41, 5.74) is -1.42. The van der Waals surface area contributed by atoms with Crippen LogP contribution in [0, 0.1) is 33.8 Å². The molecule has 1 aromatic carbocycles. The van der Waals surface area contributed by atoms with Crippen LogP contribution in [0.4, 0.5) is 5.69 Å². The SMILES string of the molecule is CC[C@H]1OC(=O)[C@H](C)C(=O)[C@H](C)[C@@H](O[C@@H]2O[C@H](C)C[C@H](N(C)CCc3cn(CCc4ccc([N+](=O)[O-])cc4)nn3)[C@H]2O)[C@](C)(OC)C[C@@H](C)/C(=N\O[C@H]2O[C@H](C)C[C@H](N(C)C)[C@H]2O)[C@H](C)[C@@H](O)[C@]1(C)O. The third-order valence-corrected chi connectivity index (χ3v) is 14.9. The van der Waals surface area contributed by atoms with Crippen LogP contribution in [0.25, 0.3) is 0 Å². The van der Waals surface area contributed by atoms with Crippen LogP contribution in [0.15, 0.2) is 35.6 Å². The molecule has 0 amide bonds. The highest BCUT2D eigenvalue weighted by Crippen LogP contribution is 2.39. The van der Waals surface area contributed by atoms with Crippen molar-refractivity contribution in [3.63, 3.8) is 0 Å². The maximum absolute atomic E-state index is 14.5. The first-order chi connectivity index (χ1) is 32.8. The van der Waals surface area contributed by atoms with Crippen molar-refractivity contribution in [2.45, 2.75) is 186 Å². The number of carbonyl (C=O) groups is 2. The summed E-state index contributed by atoms with van der Waals surface area (Å²) in [6, 6.07) is 5.65. The number of rotatable bonds is 15. The fraction of sp³-hybridized carbons (Fsp3) is 0.776. The lowest BCUT2D eigenvalue weighted by atomic mass is 9.74. The molecule has 21 heteroatoms. The van der Waals surface area contributed by atoms with Crippen molar-refractivity contribution in [2.24, 2.45) is 28.8 Å². The summed E-state index contributed by atoms with van der Waals surface area (Å²) in [4.78, 5) is 48.9. The second-order valence-electron chi connectivity index (χ2n) is 20.6. The molecule has 3 aliphatic rings. The molecule has 0 radical (unpaired) electrons.